The predicted molar refractivity (Wildman–Crippen MR) is 134 cm³/mol. The van der Waals surface area contributed by atoms with Gasteiger partial charge in [-0.3, -0.25) is 4.79 Å². The topological polar surface area (TPSA) is 77.8 Å². The van der Waals surface area contributed by atoms with Crippen LogP contribution in [0.15, 0.2) is 22.6 Å². The monoisotopic (exact) mass is 456 g/mol. The third kappa shape index (κ3) is 15.6. The average Bonchev–Trinajstić information content (AvgIpc) is 3.15. The van der Waals surface area contributed by atoms with E-state index in [9.17, 15) is 4.79 Å². The van der Waals surface area contributed by atoms with Crippen molar-refractivity contribution in [1.29, 1.82) is 0 Å². The Hall–Kier alpha value is -0.780. The zero-order valence-electron chi connectivity index (χ0n) is 20.3. The third-order valence-electron chi connectivity index (χ3n) is 5.87. The molecule has 182 valence electrons. The number of unbranched alkanes of at least 4 members (excludes halogenated alkanes) is 4. The zero-order valence-corrected chi connectivity index (χ0v) is 21.1. The lowest BCUT2D eigenvalue weighted by Gasteiger charge is -2.13. The van der Waals surface area contributed by atoms with Gasteiger partial charge in [-0.05, 0) is 80.8 Å². The van der Waals surface area contributed by atoms with Crippen molar-refractivity contribution in [2.45, 2.75) is 104 Å². The molecule has 0 amide bonds. The van der Waals surface area contributed by atoms with Crippen LogP contribution >= 0.6 is 11.8 Å². The van der Waals surface area contributed by atoms with Gasteiger partial charge in [0.25, 0.3) is 0 Å². The molecule has 0 saturated heterocycles. The summed E-state index contributed by atoms with van der Waals surface area (Å²) in [7, 11) is 1.00. The minimum Gasteiger partial charge on any atom is -0.481 e. The maximum absolute atomic E-state index is 10.6. The van der Waals surface area contributed by atoms with Gasteiger partial charge >= 0.3 is 5.97 Å². The number of thioether (sulfide) groups is 1. The number of aliphatic hydroxyl groups is 2. The molecule has 1 rings (SSSR count). The Morgan fingerprint density at radius 1 is 1.13 bits per heavy atom. The highest BCUT2D eigenvalue weighted by atomic mass is 32.2. The summed E-state index contributed by atoms with van der Waals surface area (Å²) in [5, 5.41) is 24.7. The van der Waals surface area contributed by atoms with Crippen LogP contribution in [0, 0.1) is 11.8 Å². The molecule has 0 aromatic heterocycles. The minimum atomic E-state index is -0.676. The lowest BCUT2D eigenvalue weighted by atomic mass is 9.99. The quantitative estimate of drug-likeness (QED) is 0.153. The fourth-order valence-electron chi connectivity index (χ4n) is 4.04. The van der Waals surface area contributed by atoms with Crippen molar-refractivity contribution in [3.05, 3.63) is 22.6 Å². The number of rotatable bonds is 18. The van der Waals surface area contributed by atoms with Crippen LogP contribution in [0.25, 0.3) is 0 Å². The normalized spacial score (nSPS) is 17.1. The molecule has 0 radical (unpaired) electrons. The van der Waals surface area contributed by atoms with Gasteiger partial charge in [0.05, 0.1) is 0 Å². The van der Waals surface area contributed by atoms with Gasteiger partial charge in [0.15, 0.2) is 0 Å². The highest BCUT2D eigenvalue weighted by molar-refractivity contribution is 8.03. The van der Waals surface area contributed by atoms with Crippen LogP contribution in [0.4, 0.5) is 0 Å². The first-order valence-electron chi connectivity index (χ1n) is 12.4. The second kappa shape index (κ2) is 21.1. The Morgan fingerprint density at radius 2 is 1.90 bits per heavy atom. The number of aliphatic carboxylic acids is 1. The second-order valence-corrected chi connectivity index (χ2v) is 9.74. The van der Waals surface area contributed by atoms with Crippen molar-refractivity contribution < 1.29 is 20.1 Å². The molecule has 2 atom stereocenters. The number of carbonyl (C=O) groups is 1. The van der Waals surface area contributed by atoms with Crippen molar-refractivity contribution in [2.75, 3.05) is 19.5 Å². The maximum Gasteiger partial charge on any atom is 0.303 e. The first-order valence-corrected chi connectivity index (χ1v) is 13.4. The lowest BCUT2D eigenvalue weighted by Crippen LogP contribution is -1.97. The van der Waals surface area contributed by atoms with Crippen LogP contribution < -0.4 is 0 Å². The Balaban J connectivity index is 0.00000436. The van der Waals surface area contributed by atoms with E-state index in [1.807, 2.05) is 11.8 Å². The molecular formula is C26H48O4S. The van der Waals surface area contributed by atoms with Crippen molar-refractivity contribution in [3.63, 3.8) is 0 Å². The summed E-state index contributed by atoms with van der Waals surface area (Å²) >= 11 is 2.05. The molecule has 4 nitrogen and oxygen atoms in total. The van der Waals surface area contributed by atoms with E-state index < -0.39 is 5.97 Å². The van der Waals surface area contributed by atoms with Crippen LogP contribution in [0.3, 0.4) is 0 Å². The molecule has 0 saturated carbocycles. The molecule has 1 aliphatic carbocycles. The van der Waals surface area contributed by atoms with Crippen molar-refractivity contribution >= 4 is 17.7 Å². The smallest absolute Gasteiger partial charge is 0.303 e. The summed E-state index contributed by atoms with van der Waals surface area (Å²) in [6.07, 6.45) is 20.2. The molecular weight excluding hydrogens is 408 g/mol. The molecule has 0 spiro atoms. The molecule has 1 aliphatic rings. The highest BCUT2D eigenvalue weighted by Crippen LogP contribution is 2.42. The highest BCUT2D eigenvalue weighted by Gasteiger charge is 2.23. The van der Waals surface area contributed by atoms with Gasteiger partial charge in [0.2, 0.25) is 0 Å². The van der Waals surface area contributed by atoms with E-state index in [4.69, 9.17) is 15.3 Å². The first kappa shape index (κ1) is 30.2. The first-order chi connectivity index (χ1) is 15.1. The fourth-order valence-corrected chi connectivity index (χ4v) is 5.43. The lowest BCUT2D eigenvalue weighted by molar-refractivity contribution is -0.137. The van der Waals surface area contributed by atoms with Crippen molar-refractivity contribution in [2.24, 2.45) is 11.8 Å². The standard InChI is InChI=1S/C25H44O3S.CH4O/c1-3-4-6-14-22-17-18-23(15-9-8-12-21(2)13-11-19-26)25(22)29-20-10-5-7-16-24(27)28;1-2/h9,15,21,23,26H,3-8,10-14,16-20H2,1-2H3,(H,27,28);2H,1H3/b15-9+;. The third-order valence-corrected chi connectivity index (χ3v) is 7.26. The van der Waals surface area contributed by atoms with Gasteiger partial charge in [-0.25, -0.2) is 0 Å². The van der Waals surface area contributed by atoms with Crippen LogP contribution in [0.5, 0.6) is 0 Å². The Labute approximate surface area is 195 Å². The van der Waals surface area contributed by atoms with E-state index >= 15 is 0 Å². The summed E-state index contributed by atoms with van der Waals surface area (Å²) in [6, 6.07) is 0. The van der Waals surface area contributed by atoms with Crippen molar-refractivity contribution in [3.8, 4) is 0 Å². The van der Waals surface area contributed by atoms with E-state index in [1.54, 1.807) is 10.5 Å². The molecule has 3 N–H and O–H groups in total. The second-order valence-electron chi connectivity index (χ2n) is 8.60. The number of allylic oxidation sites excluding steroid dienone is 4. The molecule has 2 unspecified atom stereocenters. The summed E-state index contributed by atoms with van der Waals surface area (Å²) in [5.74, 6) is 1.73. The molecule has 5 heteroatoms. The van der Waals surface area contributed by atoms with E-state index in [0.717, 1.165) is 51.4 Å². The zero-order chi connectivity index (χ0) is 23.3. The number of aliphatic hydroxyl groups excluding tert-OH is 2. The van der Waals surface area contributed by atoms with Crippen molar-refractivity contribution in [1.82, 2.24) is 0 Å². The van der Waals surface area contributed by atoms with E-state index in [-0.39, 0.29) is 0 Å². The average molecular weight is 457 g/mol. The van der Waals surface area contributed by atoms with E-state index in [0.29, 0.717) is 24.9 Å². The van der Waals surface area contributed by atoms with Gasteiger partial charge in [0, 0.05) is 26.1 Å². The summed E-state index contributed by atoms with van der Waals surface area (Å²) in [4.78, 5) is 12.3. The molecule has 0 heterocycles. The number of carboxylic acid groups (broad SMARTS) is 1. The molecule has 0 aromatic rings. The fraction of sp³-hybridized carbons (Fsp3) is 0.808. The van der Waals surface area contributed by atoms with Crippen LogP contribution in [0.2, 0.25) is 0 Å². The van der Waals surface area contributed by atoms with E-state index in [2.05, 4.69) is 26.0 Å². The van der Waals surface area contributed by atoms with Gasteiger partial charge in [-0.15, -0.1) is 11.8 Å². The van der Waals surface area contributed by atoms with Crippen LogP contribution in [0.1, 0.15) is 104 Å². The van der Waals surface area contributed by atoms with Gasteiger partial charge in [0.1, 0.15) is 0 Å². The SMILES string of the molecule is CCCCCC1=C(SCCCCCC(=O)O)C(/C=C/CCC(C)CCCO)CC1.CO. The number of hydrogen-bond acceptors (Lipinski definition) is 4. The van der Waals surface area contributed by atoms with Crippen LogP contribution in [-0.4, -0.2) is 40.8 Å². The molecule has 0 aromatic carbocycles. The number of hydrogen-bond donors (Lipinski definition) is 3. The van der Waals surface area contributed by atoms with E-state index in [1.165, 1.54) is 44.9 Å². The summed E-state index contributed by atoms with van der Waals surface area (Å²) in [6.45, 7) is 4.87. The van der Waals surface area contributed by atoms with Gasteiger partial charge in [-0.1, -0.05) is 50.8 Å². The maximum atomic E-state index is 10.6. The molecule has 0 fully saturated rings. The van der Waals surface area contributed by atoms with Gasteiger partial charge < -0.3 is 15.3 Å². The molecule has 31 heavy (non-hydrogen) atoms. The molecule has 0 bridgehead atoms. The predicted octanol–water partition coefficient (Wildman–Crippen LogP) is 6.96. The molecule has 0 aliphatic heterocycles. The Bertz CT molecular complexity index is 502. The van der Waals surface area contributed by atoms with Gasteiger partial charge in [-0.2, -0.15) is 0 Å². The van der Waals surface area contributed by atoms with Crippen LogP contribution in [-0.2, 0) is 4.79 Å². The summed E-state index contributed by atoms with van der Waals surface area (Å²) < 4.78 is 0. The number of carboxylic acids is 1. The Morgan fingerprint density at radius 3 is 2.58 bits per heavy atom. The summed E-state index contributed by atoms with van der Waals surface area (Å²) in [5.41, 5.74) is 1.69. The minimum absolute atomic E-state index is 0.303. The largest absolute Gasteiger partial charge is 0.481 e. The Kier molecular flexibility index (Phi) is 20.6.